The lowest BCUT2D eigenvalue weighted by atomic mass is 9.90. The van der Waals surface area contributed by atoms with Gasteiger partial charge >= 0.3 is 0 Å². The molecule has 1 unspecified atom stereocenters. The van der Waals surface area contributed by atoms with E-state index in [1.807, 2.05) is 13.8 Å². The van der Waals surface area contributed by atoms with Crippen LogP contribution in [-0.2, 0) is 10.0 Å². The van der Waals surface area contributed by atoms with Gasteiger partial charge in [0.1, 0.15) is 10.6 Å². The van der Waals surface area contributed by atoms with Gasteiger partial charge in [0.05, 0.1) is 0 Å². The maximum Gasteiger partial charge on any atom is 0.246 e. The Kier molecular flexibility index (Phi) is 4.19. The summed E-state index contributed by atoms with van der Waals surface area (Å²) in [5, 5.41) is 3.66. The minimum Gasteiger partial charge on any atom is -0.360 e. The highest BCUT2D eigenvalue weighted by Crippen LogP contribution is 2.23. The van der Waals surface area contributed by atoms with Crippen LogP contribution in [0.4, 0.5) is 0 Å². The standard InChI is InChI=1S/C11H21N3O3S/c1-7(2)11(5,6-12)14-18(15,16)10-8(3)13-17-9(10)4/h7,14H,6,12H2,1-5H3. The van der Waals surface area contributed by atoms with E-state index in [4.69, 9.17) is 10.3 Å². The molecule has 0 fully saturated rings. The molecule has 0 aromatic carbocycles. The second-order valence-electron chi connectivity index (χ2n) is 5.04. The first-order chi connectivity index (χ1) is 8.14. The zero-order chi connectivity index (χ0) is 14.1. The molecule has 7 heteroatoms. The second-order valence-corrected chi connectivity index (χ2v) is 6.65. The van der Waals surface area contributed by atoms with Gasteiger partial charge in [0, 0.05) is 12.1 Å². The SMILES string of the molecule is Cc1noc(C)c1S(=O)(=O)NC(C)(CN)C(C)C. The van der Waals surface area contributed by atoms with Crippen molar-refractivity contribution in [2.75, 3.05) is 6.54 Å². The number of aryl methyl sites for hydroxylation is 2. The monoisotopic (exact) mass is 275 g/mol. The van der Waals surface area contributed by atoms with Crippen LogP contribution in [0, 0.1) is 19.8 Å². The molecule has 1 aromatic heterocycles. The highest BCUT2D eigenvalue weighted by Gasteiger charge is 2.35. The van der Waals surface area contributed by atoms with Crippen molar-refractivity contribution in [1.82, 2.24) is 9.88 Å². The molecule has 1 aromatic rings. The summed E-state index contributed by atoms with van der Waals surface area (Å²) >= 11 is 0. The summed E-state index contributed by atoms with van der Waals surface area (Å²) in [4.78, 5) is 0.0998. The van der Waals surface area contributed by atoms with Crippen molar-refractivity contribution < 1.29 is 12.9 Å². The van der Waals surface area contributed by atoms with E-state index < -0.39 is 15.6 Å². The van der Waals surface area contributed by atoms with Crippen LogP contribution in [0.15, 0.2) is 9.42 Å². The molecule has 0 spiro atoms. The van der Waals surface area contributed by atoms with Crippen molar-refractivity contribution >= 4 is 10.0 Å². The summed E-state index contributed by atoms with van der Waals surface area (Å²) in [5.41, 5.74) is 5.33. The maximum absolute atomic E-state index is 12.3. The molecule has 0 amide bonds. The molecular weight excluding hydrogens is 254 g/mol. The van der Waals surface area contributed by atoms with Crippen molar-refractivity contribution in [3.63, 3.8) is 0 Å². The van der Waals surface area contributed by atoms with Crippen LogP contribution in [0.1, 0.15) is 32.2 Å². The molecule has 0 radical (unpaired) electrons. The summed E-state index contributed by atoms with van der Waals surface area (Å²) in [5.74, 6) is 0.348. The average molecular weight is 275 g/mol. The van der Waals surface area contributed by atoms with Crippen LogP contribution in [0.25, 0.3) is 0 Å². The molecule has 0 aliphatic carbocycles. The van der Waals surface area contributed by atoms with Crippen LogP contribution in [0.5, 0.6) is 0 Å². The van der Waals surface area contributed by atoms with E-state index in [0.717, 1.165) is 0 Å². The molecule has 104 valence electrons. The number of nitrogens with one attached hydrogen (secondary N) is 1. The van der Waals surface area contributed by atoms with Crippen LogP contribution in [0.2, 0.25) is 0 Å². The molecular formula is C11H21N3O3S. The summed E-state index contributed by atoms with van der Waals surface area (Å²) in [6.45, 7) is 9.01. The molecule has 1 rings (SSSR count). The minimum absolute atomic E-state index is 0.0674. The number of aromatic nitrogens is 1. The number of hydrogen-bond donors (Lipinski definition) is 2. The fourth-order valence-corrected chi connectivity index (χ4v) is 3.49. The third-order valence-electron chi connectivity index (χ3n) is 3.30. The summed E-state index contributed by atoms with van der Waals surface area (Å²) < 4.78 is 32.2. The van der Waals surface area contributed by atoms with Gasteiger partial charge in [0.15, 0.2) is 5.76 Å². The lowest BCUT2D eigenvalue weighted by Crippen LogP contribution is -2.54. The smallest absolute Gasteiger partial charge is 0.246 e. The van der Waals surface area contributed by atoms with Crippen LogP contribution in [0.3, 0.4) is 0 Å². The maximum atomic E-state index is 12.3. The molecule has 18 heavy (non-hydrogen) atoms. The highest BCUT2D eigenvalue weighted by atomic mass is 32.2. The van der Waals surface area contributed by atoms with E-state index in [9.17, 15) is 8.42 Å². The van der Waals surface area contributed by atoms with Crippen molar-refractivity contribution in [3.8, 4) is 0 Å². The van der Waals surface area contributed by atoms with Gasteiger partial charge in [0.2, 0.25) is 10.0 Å². The third-order valence-corrected chi connectivity index (χ3v) is 5.16. The summed E-state index contributed by atoms with van der Waals surface area (Å²) in [6.07, 6.45) is 0. The number of sulfonamides is 1. The van der Waals surface area contributed by atoms with E-state index in [1.165, 1.54) is 0 Å². The van der Waals surface area contributed by atoms with E-state index in [2.05, 4.69) is 9.88 Å². The number of nitrogens with two attached hydrogens (primary N) is 1. The van der Waals surface area contributed by atoms with Gasteiger partial charge < -0.3 is 10.3 Å². The largest absolute Gasteiger partial charge is 0.360 e. The third kappa shape index (κ3) is 2.73. The topological polar surface area (TPSA) is 98.2 Å². The molecule has 0 aliphatic rings. The molecule has 3 N–H and O–H groups in total. The predicted octanol–water partition coefficient (Wildman–Crippen LogP) is 0.943. The Hall–Kier alpha value is -0.920. The van der Waals surface area contributed by atoms with Crippen molar-refractivity contribution in [2.24, 2.45) is 11.7 Å². The molecule has 1 heterocycles. The number of rotatable bonds is 5. The number of nitrogens with zero attached hydrogens (tertiary/aromatic N) is 1. The van der Waals surface area contributed by atoms with Gasteiger partial charge in [-0.15, -0.1) is 0 Å². The van der Waals surface area contributed by atoms with Gasteiger partial charge in [-0.05, 0) is 26.7 Å². The molecule has 0 aliphatic heterocycles. The first-order valence-electron chi connectivity index (χ1n) is 5.81. The lowest BCUT2D eigenvalue weighted by molar-refractivity contribution is 0.314. The fourth-order valence-electron chi connectivity index (χ4n) is 1.61. The Morgan fingerprint density at radius 2 is 2.00 bits per heavy atom. The molecule has 1 atom stereocenters. The Morgan fingerprint density at radius 1 is 1.44 bits per heavy atom. The average Bonchev–Trinajstić information content (AvgIpc) is 2.57. The van der Waals surface area contributed by atoms with E-state index in [0.29, 0.717) is 5.69 Å². The van der Waals surface area contributed by atoms with Gasteiger partial charge in [0.25, 0.3) is 0 Å². The Balaban J connectivity index is 3.18. The summed E-state index contributed by atoms with van der Waals surface area (Å²) in [7, 11) is -3.68. The highest BCUT2D eigenvalue weighted by molar-refractivity contribution is 7.89. The van der Waals surface area contributed by atoms with Crippen molar-refractivity contribution in [3.05, 3.63) is 11.5 Å². The summed E-state index contributed by atoms with van der Waals surface area (Å²) in [6, 6.07) is 0. The van der Waals surface area contributed by atoms with Gasteiger partial charge in [-0.1, -0.05) is 19.0 Å². The Labute approximate surface area is 108 Å². The lowest BCUT2D eigenvalue weighted by Gasteiger charge is -2.32. The van der Waals surface area contributed by atoms with Crippen molar-refractivity contribution in [1.29, 1.82) is 0 Å². The fraction of sp³-hybridized carbons (Fsp3) is 0.727. The van der Waals surface area contributed by atoms with Crippen LogP contribution >= 0.6 is 0 Å². The van der Waals surface area contributed by atoms with Crippen LogP contribution in [-0.4, -0.2) is 25.7 Å². The second kappa shape index (κ2) is 4.99. The molecule has 0 saturated heterocycles. The molecule has 0 bridgehead atoms. The van der Waals surface area contributed by atoms with Crippen LogP contribution < -0.4 is 10.5 Å². The quantitative estimate of drug-likeness (QED) is 0.833. The molecule has 0 saturated carbocycles. The minimum atomic E-state index is -3.68. The predicted molar refractivity (Wildman–Crippen MR) is 68.6 cm³/mol. The molecule has 6 nitrogen and oxygen atoms in total. The number of hydrogen-bond acceptors (Lipinski definition) is 5. The zero-order valence-corrected chi connectivity index (χ0v) is 12.3. The van der Waals surface area contributed by atoms with E-state index in [-0.39, 0.29) is 23.1 Å². The first-order valence-corrected chi connectivity index (χ1v) is 7.29. The van der Waals surface area contributed by atoms with Gasteiger partial charge in [-0.25, -0.2) is 13.1 Å². The Bertz CT molecular complexity index is 502. The van der Waals surface area contributed by atoms with Crippen molar-refractivity contribution in [2.45, 2.75) is 45.1 Å². The normalized spacial score (nSPS) is 15.9. The van der Waals surface area contributed by atoms with Gasteiger partial charge in [-0.2, -0.15) is 0 Å². The van der Waals surface area contributed by atoms with E-state index in [1.54, 1.807) is 20.8 Å². The van der Waals surface area contributed by atoms with E-state index >= 15 is 0 Å². The Morgan fingerprint density at radius 3 is 2.33 bits per heavy atom. The zero-order valence-electron chi connectivity index (χ0n) is 11.4. The first kappa shape index (κ1) is 15.1. The van der Waals surface area contributed by atoms with Gasteiger partial charge in [-0.3, -0.25) is 0 Å².